The van der Waals surface area contributed by atoms with Crippen molar-refractivity contribution in [3.8, 4) is 0 Å². The molecule has 2 aromatic carbocycles. The Balaban J connectivity index is 1.72. The minimum Gasteiger partial charge on any atom is -0.392 e. The highest BCUT2D eigenvalue weighted by Crippen LogP contribution is 2.39. The number of hydrogen-bond acceptors (Lipinski definition) is 2. The zero-order chi connectivity index (χ0) is 14.1. The van der Waals surface area contributed by atoms with Crippen LogP contribution in [0, 0.1) is 11.6 Å². The van der Waals surface area contributed by atoms with E-state index in [2.05, 4.69) is 0 Å². The molecule has 1 nitrogen and oxygen atoms in total. The highest BCUT2D eigenvalue weighted by molar-refractivity contribution is 8.00. The topological polar surface area (TPSA) is 20.2 Å². The van der Waals surface area contributed by atoms with E-state index in [0.29, 0.717) is 0 Å². The lowest BCUT2D eigenvalue weighted by Crippen LogP contribution is -2.25. The van der Waals surface area contributed by atoms with Crippen LogP contribution in [0.3, 0.4) is 0 Å². The molecule has 0 saturated heterocycles. The molecule has 1 aliphatic rings. The van der Waals surface area contributed by atoms with Gasteiger partial charge < -0.3 is 5.11 Å². The van der Waals surface area contributed by atoms with Crippen molar-refractivity contribution in [2.75, 3.05) is 0 Å². The van der Waals surface area contributed by atoms with Gasteiger partial charge in [-0.15, -0.1) is 11.8 Å². The first kappa shape index (κ1) is 13.6. The van der Waals surface area contributed by atoms with Gasteiger partial charge in [-0.2, -0.15) is 0 Å². The smallest absolute Gasteiger partial charge is 0.126 e. The second-order valence-electron chi connectivity index (χ2n) is 4.98. The quantitative estimate of drug-likeness (QED) is 0.933. The second kappa shape index (κ2) is 5.54. The average Bonchev–Trinajstić information content (AvgIpc) is 2.87. The Morgan fingerprint density at radius 3 is 2.80 bits per heavy atom. The largest absolute Gasteiger partial charge is 0.392 e. The molecule has 0 fully saturated rings. The van der Waals surface area contributed by atoms with Crippen LogP contribution < -0.4 is 0 Å². The van der Waals surface area contributed by atoms with Gasteiger partial charge in [0.25, 0.3) is 0 Å². The van der Waals surface area contributed by atoms with Crippen molar-refractivity contribution in [2.45, 2.75) is 29.1 Å². The number of thioether (sulfide) groups is 1. The van der Waals surface area contributed by atoms with Crippen LogP contribution in [0.1, 0.15) is 11.1 Å². The number of aliphatic hydroxyl groups is 1. The van der Waals surface area contributed by atoms with Crippen LogP contribution in [0.15, 0.2) is 47.4 Å². The Kier molecular flexibility index (Phi) is 3.76. The van der Waals surface area contributed by atoms with Gasteiger partial charge in [0.1, 0.15) is 11.6 Å². The highest BCUT2D eigenvalue weighted by Gasteiger charge is 2.28. The van der Waals surface area contributed by atoms with Crippen LogP contribution in [0.2, 0.25) is 0 Å². The van der Waals surface area contributed by atoms with Crippen LogP contribution in [0.4, 0.5) is 8.78 Å². The second-order valence-corrected chi connectivity index (χ2v) is 6.26. The average molecular weight is 292 g/mol. The Morgan fingerprint density at radius 2 is 2.00 bits per heavy atom. The van der Waals surface area contributed by atoms with E-state index in [9.17, 15) is 13.9 Å². The number of benzene rings is 2. The first-order chi connectivity index (χ1) is 9.63. The van der Waals surface area contributed by atoms with Crippen molar-refractivity contribution in [2.24, 2.45) is 0 Å². The maximum atomic E-state index is 13.6. The molecule has 3 rings (SSSR count). The predicted octanol–water partition coefficient (Wildman–Crippen LogP) is 3.59. The standard InChI is InChI=1S/C16H14F2OS/c17-12-5-6-13(18)11(7-12)8-14(19)16-9-10-3-1-2-4-15(10)20-16/h1-7,14,16,19H,8-9H2. The van der Waals surface area contributed by atoms with E-state index >= 15 is 0 Å². The molecule has 0 saturated carbocycles. The maximum Gasteiger partial charge on any atom is 0.126 e. The number of halogens is 2. The van der Waals surface area contributed by atoms with Crippen molar-refractivity contribution in [3.05, 3.63) is 65.2 Å². The number of hydrogen-bond donors (Lipinski definition) is 1. The zero-order valence-corrected chi connectivity index (χ0v) is 11.5. The Morgan fingerprint density at radius 1 is 1.20 bits per heavy atom. The summed E-state index contributed by atoms with van der Waals surface area (Å²) in [5.41, 5.74) is 1.44. The first-order valence-electron chi connectivity index (χ1n) is 6.50. The third-order valence-electron chi connectivity index (χ3n) is 3.54. The van der Waals surface area contributed by atoms with Gasteiger partial charge in [0.15, 0.2) is 0 Å². The third-order valence-corrected chi connectivity index (χ3v) is 4.97. The molecular weight excluding hydrogens is 278 g/mol. The summed E-state index contributed by atoms with van der Waals surface area (Å²) in [5, 5.41) is 10.3. The third kappa shape index (κ3) is 2.72. The zero-order valence-electron chi connectivity index (χ0n) is 10.7. The summed E-state index contributed by atoms with van der Waals surface area (Å²) in [4.78, 5) is 1.16. The molecule has 0 amide bonds. The Bertz CT molecular complexity index is 605. The maximum absolute atomic E-state index is 13.6. The van der Waals surface area contributed by atoms with Gasteiger partial charge in [-0.25, -0.2) is 8.78 Å². The van der Waals surface area contributed by atoms with E-state index < -0.39 is 17.7 Å². The van der Waals surface area contributed by atoms with Crippen LogP contribution >= 0.6 is 11.8 Å². The summed E-state index contributed by atoms with van der Waals surface area (Å²) in [6.45, 7) is 0. The molecule has 104 valence electrons. The van der Waals surface area contributed by atoms with E-state index in [1.807, 2.05) is 24.3 Å². The highest BCUT2D eigenvalue weighted by atomic mass is 32.2. The first-order valence-corrected chi connectivity index (χ1v) is 7.38. The van der Waals surface area contributed by atoms with E-state index in [1.165, 1.54) is 5.56 Å². The molecule has 4 heteroatoms. The molecule has 20 heavy (non-hydrogen) atoms. The van der Waals surface area contributed by atoms with Crippen molar-refractivity contribution in [1.82, 2.24) is 0 Å². The van der Waals surface area contributed by atoms with Gasteiger partial charge in [-0.1, -0.05) is 18.2 Å². The fourth-order valence-corrected chi connectivity index (χ4v) is 3.78. The minimum absolute atomic E-state index is 0.00457. The molecular formula is C16H14F2OS. The molecule has 0 spiro atoms. The van der Waals surface area contributed by atoms with Gasteiger partial charge >= 0.3 is 0 Å². The van der Waals surface area contributed by atoms with Crippen LogP contribution in [0.25, 0.3) is 0 Å². The lowest BCUT2D eigenvalue weighted by molar-refractivity contribution is 0.171. The van der Waals surface area contributed by atoms with Crippen LogP contribution in [-0.2, 0) is 12.8 Å². The number of fused-ring (bicyclic) bond motifs is 1. The summed E-state index contributed by atoms with van der Waals surface area (Å²) < 4.78 is 26.7. The molecule has 0 radical (unpaired) electrons. The van der Waals surface area contributed by atoms with Gasteiger partial charge in [-0.3, -0.25) is 0 Å². The van der Waals surface area contributed by atoms with Crippen LogP contribution in [-0.4, -0.2) is 16.5 Å². The lowest BCUT2D eigenvalue weighted by Gasteiger charge is -2.17. The van der Waals surface area contributed by atoms with E-state index in [0.717, 1.165) is 29.5 Å². The summed E-state index contributed by atoms with van der Waals surface area (Å²) in [7, 11) is 0. The van der Waals surface area contributed by atoms with Gasteiger partial charge in [0.2, 0.25) is 0 Å². The Labute approximate surface area is 120 Å². The lowest BCUT2D eigenvalue weighted by atomic mass is 10.0. The Hall–Kier alpha value is -1.39. The monoisotopic (exact) mass is 292 g/mol. The van der Waals surface area contributed by atoms with E-state index in [4.69, 9.17) is 0 Å². The molecule has 1 aliphatic heterocycles. The van der Waals surface area contributed by atoms with Gasteiger partial charge in [0, 0.05) is 16.6 Å². The summed E-state index contributed by atoms with van der Waals surface area (Å²) in [6.07, 6.45) is 0.206. The number of aliphatic hydroxyl groups excluding tert-OH is 1. The predicted molar refractivity (Wildman–Crippen MR) is 75.9 cm³/mol. The fourth-order valence-electron chi connectivity index (χ4n) is 2.48. The molecule has 0 aliphatic carbocycles. The van der Waals surface area contributed by atoms with Crippen molar-refractivity contribution in [1.29, 1.82) is 0 Å². The van der Waals surface area contributed by atoms with E-state index in [1.54, 1.807) is 11.8 Å². The van der Waals surface area contributed by atoms with Gasteiger partial charge in [-0.05, 0) is 41.8 Å². The molecule has 0 aromatic heterocycles. The van der Waals surface area contributed by atoms with E-state index in [-0.39, 0.29) is 17.2 Å². The summed E-state index contributed by atoms with van der Waals surface area (Å²) >= 11 is 1.61. The minimum atomic E-state index is -0.691. The van der Waals surface area contributed by atoms with Crippen LogP contribution in [0.5, 0.6) is 0 Å². The van der Waals surface area contributed by atoms with Crippen molar-refractivity contribution >= 4 is 11.8 Å². The molecule has 2 atom stereocenters. The van der Waals surface area contributed by atoms with Gasteiger partial charge in [0.05, 0.1) is 6.10 Å². The fraction of sp³-hybridized carbons (Fsp3) is 0.250. The number of rotatable bonds is 3. The molecule has 1 N–H and O–H groups in total. The molecule has 2 unspecified atom stereocenters. The SMILES string of the molecule is OC(Cc1cc(F)ccc1F)C1Cc2ccccc2S1. The summed E-state index contributed by atoms with van der Waals surface area (Å²) in [5.74, 6) is -0.943. The molecule has 1 heterocycles. The molecule has 2 aromatic rings. The normalized spacial score (nSPS) is 18.9. The van der Waals surface area contributed by atoms with Crippen molar-refractivity contribution < 1.29 is 13.9 Å². The molecule has 0 bridgehead atoms. The van der Waals surface area contributed by atoms with Crippen molar-refractivity contribution in [3.63, 3.8) is 0 Å². The summed E-state index contributed by atoms with van der Waals surface area (Å²) in [6, 6.07) is 11.4.